The highest BCUT2D eigenvalue weighted by atomic mass is 16.2. The first-order chi connectivity index (χ1) is 14.1. The summed E-state index contributed by atoms with van der Waals surface area (Å²) in [5, 5.41) is 0. The molecule has 2 amide bonds. The highest BCUT2D eigenvalue weighted by molar-refractivity contribution is 5.80. The van der Waals surface area contributed by atoms with Crippen molar-refractivity contribution in [2.24, 2.45) is 0 Å². The fourth-order valence-electron chi connectivity index (χ4n) is 4.97. The van der Waals surface area contributed by atoms with Crippen molar-refractivity contribution in [1.82, 2.24) is 9.80 Å². The maximum Gasteiger partial charge on any atom is 0.225 e. The van der Waals surface area contributed by atoms with E-state index in [0.29, 0.717) is 19.0 Å². The van der Waals surface area contributed by atoms with Crippen LogP contribution in [0.2, 0.25) is 0 Å². The summed E-state index contributed by atoms with van der Waals surface area (Å²) < 4.78 is 0. The van der Waals surface area contributed by atoms with E-state index in [1.165, 1.54) is 11.1 Å². The van der Waals surface area contributed by atoms with Crippen molar-refractivity contribution < 1.29 is 9.59 Å². The molecule has 2 unspecified atom stereocenters. The Balaban J connectivity index is 1.46. The van der Waals surface area contributed by atoms with Gasteiger partial charge in [-0.15, -0.1) is 0 Å². The number of rotatable bonds is 5. The van der Waals surface area contributed by atoms with Gasteiger partial charge in [-0.3, -0.25) is 9.59 Å². The predicted octanol–water partition coefficient (Wildman–Crippen LogP) is 4.15. The first-order valence-corrected chi connectivity index (χ1v) is 10.8. The lowest BCUT2D eigenvalue weighted by molar-refractivity contribution is -0.137. The van der Waals surface area contributed by atoms with Crippen LogP contribution in [0.5, 0.6) is 0 Å². The van der Waals surface area contributed by atoms with Crippen LogP contribution in [0.1, 0.15) is 55.3 Å². The van der Waals surface area contributed by atoms with E-state index in [1.54, 1.807) is 6.92 Å². The second kappa shape index (κ2) is 8.81. The predicted molar refractivity (Wildman–Crippen MR) is 114 cm³/mol. The molecule has 0 bridgehead atoms. The summed E-state index contributed by atoms with van der Waals surface area (Å²) in [5.74, 6) is 0.243. The number of aryl methyl sites for hydroxylation is 1. The van der Waals surface area contributed by atoms with Crippen LogP contribution in [0.25, 0.3) is 0 Å². The van der Waals surface area contributed by atoms with Crippen LogP contribution >= 0.6 is 0 Å². The van der Waals surface area contributed by atoms with Crippen molar-refractivity contribution in [2.45, 2.75) is 57.5 Å². The molecular weight excluding hydrogens is 360 g/mol. The second-order valence-corrected chi connectivity index (χ2v) is 8.29. The smallest absolute Gasteiger partial charge is 0.225 e. The quantitative estimate of drug-likeness (QED) is 0.770. The van der Waals surface area contributed by atoms with E-state index in [4.69, 9.17) is 0 Å². The Morgan fingerprint density at radius 1 is 0.966 bits per heavy atom. The van der Waals surface area contributed by atoms with E-state index in [0.717, 1.165) is 44.2 Å². The minimum Gasteiger partial charge on any atom is -0.340 e. The third kappa shape index (κ3) is 4.36. The van der Waals surface area contributed by atoms with E-state index < -0.39 is 0 Å². The molecule has 4 rings (SSSR count). The van der Waals surface area contributed by atoms with Crippen LogP contribution < -0.4 is 0 Å². The van der Waals surface area contributed by atoms with Gasteiger partial charge in [-0.1, -0.05) is 54.6 Å². The van der Waals surface area contributed by atoms with Crippen molar-refractivity contribution in [3.05, 3.63) is 71.3 Å². The average Bonchev–Trinajstić information content (AvgIpc) is 3.22. The largest absolute Gasteiger partial charge is 0.340 e. The Kier molecular flexibility index (Phi) is 5.98. The number of hydrogen-bond acceptors (Lipinski definition) is 2. The molecule has 2 atom stereocenters. The minimum atomic E-state index is -0.139. The Bertz CT molecular complexity index is 864. The van der Waals surface area contributed by atoms with Gasteiger partial charge >= 0.3 is 0 Å². The number of carbonyl (C=O) groups is 2. The fourth-order valence-corrected chi connectivity index (χ4v) is 4.97. The molecular formula is C25H30N2O2. The molecule has 2 aromatic rings. The van der Waals surface area contributed by atoms with Gasteiger partial charge in [-0.25, -0.2) is 0 Å². The topological polar surface area (TPSA) is 40.6 Å². The molecule has 4 heteroatoms. The van der Waals surface area contributed by atoms with Crippen molar-refractivity contribution >= 4 is 11.8 Å². The van der Waals surface area contributed by atoms with Crippen LogP contribution in [0, 0.1) is 0 Å². The first kappa shape index (κ1) is 19.7. The lowest BCUT2D eigenvalue weighted by Crippen LogP contribution is -2.43. The SMILES string of the molecule is CC(=O)N1CCc2ccccc2C1CC(=O)N1CCCC1CCc1ccccc1. The van der Waals surface area contributed by atoms with E-state index in [-0.39, 0.29) is 17.9 Å². The number of carbonyl (C=O) groups excluding carboxylic acids is 2. The van der Waals surface area contributed by atoms with Gasteiger partial charge in [0.25, 0.3) is 0 Å². The average molecular weight is 391 g/mol. The molecule has 1 fully saturated rings. The third-order valence-corrected chi connectivity index (χ3v) is 6.49. The number of likely N-dealkylation sites (tertiary alicyclic amines) is 1. The number of amides is 2. The minimum absolute atomic E-state index is 0.0550. The van der Waals surface area contributed by atoms with Crippen molar-refractivity contribution in [3.63, 3.8) is 0 Å². The highest BCUT2D eigenvalue weighted by Crippen LogP contribution is 2.34. The molecule has 0 saturated carbocycles. The molecule has 0 aliphatic carbocycles. The summed E-state index contributed by atoms with van der Waals surface area (Å²) in [5.41, 5.74) is 3.74. The summed E-state index contributed by atoms with van der Waals surface area (Å²) in [6, 6.07) is 18.9. The Morgan fingerprint density at radius 2 is 1.72 bits per heavy atom. The normalized spacial score (nSPS) is 21.1. The lowest BCUT2D eigenvalue weighted by Gasteiger charge is -2.37. The van der Waals surface area contributed by atoms with Crippen LogP contribution in [-0.2, 0) is 22.4 Å². The number of benzene rings is 2. The molecule has 2 aromatic carbocycles. The molecule has 0 radical (unpaired) electrons. The molecule has 2 heterocycles. The maximum atomic E-state index is 13.3. The number of fused-ring (bicyclic) bond motifs is 1. The monoisotopic (exact) mass is 390 g/mol. The van der Waals surface area contributed by atoms with Gasteiger partial charge in [0.2, 0.25) is 11.8 Å². The molecule has 29 heavy (non-hydrogen) atoms. The van der Waals surface area contributed by atoms with Gasteiger partial charge in [0, 0.05) is 26.1 Å². The molecule has 0 spiro atoms. The molecule has 0 N–H and O–H groups in total. The summed E-state index contributed by atoms with van der Waals surface area (Å²) in [4.78, 5) is 29.5. The standard InChI is InChI=1S/C25H30N2O2/c1-19(28)26-17-15-21-10-5-6-12-23(21)24(26)18-25(29)27-16-7-11-22(27)14-13-20-8-3-2-4-9-20/h2-6,8-10,12,22,24H,7,11,13-18H2,1H3. The van der Waals surface area contributed by atoms with Crippen molar-refractivity contribution in [2.75, 3.05) is 13.1 Å². The second-order valence-electron chi connectivity index (χ2n) is 8.29. The first-order valence-electron chi connectivity index (χ1n) is 10.8. The zero-order valence-corrected chi connectivity index (χ0v) is 17.2. The molecule has 2 aliphatic heterocycles. The summed E-state index contributed by atoms with van der Waals surface area (Å²) in [7, 11) is 0. The summed E-state index contributed by atoms with van der Waals surface area (Å²) in [6.07, 6.45) is 5.41. The highest BCUT2D eigenvalue weighted by Gasteiger charge is 2.34. The number of hydrogen-bond donors (Lipinski definition) is 0. The lowest BCUT2D eigenvalue weighted by atomic mass is 9.90. The van der Waals surface area contributed by atoms with Gasteiger partial charge < -0.3 is 9.80 Å². The third-order valence-electron chi connectivity index (χ3n) is 6.49. The Labute approximate surface area is 173 Å². The fraction of sp³-hybridized carbons (Fsp3) is 0.440. The maximum absolute atomic E-state index is 13.3. The molecule has 4 nitrogen and oxygen atoms in total. The zero-order chi connectivity index (χ0) is 20.2. The summed E-state index contributed by atoms with van der Waals surface area (Å²) in [6.45, 7) is 3.15. The van der Waals surface area contributed by atoms with Gasteiger partial charge in [-0.2, -0.15) is 0 Å². The molecule has 2 aliphatic rings. The van der Waals surface area contributed by atoms with Crippen molar-refractivity contribution in [3.8, 4) is 0 Å². The van der Waals surface area contributed by atoms with Gasteiger partial charge in [-0.05, 0) is 48.8 Å². The van der Waals surface area contributed by atoms with Crippen molar-refractivity contribution in [1.29, 1.82) is 0 Å². The van der Waals surface area contributed by atoms with Gasteiger partial charge in [0.15, 0.2) is 0 Å². The summed E-state index contributed by atoms with van der Waals surface area (Å²) >= 11 is 0. The van der Waals surface area contributed by atoms with E-state index in [1.807, 2.05) is 23.1 Å². The van der Waals surface area contributed by atoms with Crippen LogP contribution in [0.15, 0.2) is 54.6 Å². The van der Waals surface area contributed by atoms with Crippen LogP contribution in [-0.4, -0.2) is 40.7 Å². The molecule has 152 valence electrons. The Hall–Kier alpha value is -2.62. The number of nitrogens with zero attached hydrogens (tertiary/aromatic N) is 2. The van der Waals surface area contributed by atoms with Gasteiger partial charge in [0.05, 0.1) is 12.5 Å². The van der Waals surface area contributed by atoms with E-state index in [2.05, 4.69) is 41.3 Å². The van der Waals surface area contributed by atoms with E-state index in [9.17, 15) is 9.59 Å². The van der Waals surface area contributed by atoms with Crippen LogP contribution in [0.4, 0.5) is 0 Å². The molecule has 0 aromatic heterocycles. The molecule has 1 saturated heterocycles. The van der Waals surface area contributed by atoms with E-state index >= 15 is 0 Å². The van der Waals surface area contributed by atoms with Crippen LogP contribution in [0.3, 0.4) is 0 Å². The van der Waals surface area contributed by atoms with Gasteiger partial charge in [0.1, 0.15) is 0 Å². The Morgan fingerprint density at radius 3 is 2.52 bits per heavy atom. The zero-order valence-electron chi connectivity index (χ0n) is 17.2.